The van der Waals surface area contributed by atoms with Crippen molar-refractivity contribution in [1.29, 1.82) is 0 Å². The summed E-state index contributed by atoms with van der Waals surface area (Å²) in [5.74, 6) is -0.222. The fourth-order valence-corrected chi connectivity index (χ4v) is 0.978. The SMILES string of the molecule is [CH2]c1cccc(CC(=O)OC)c1. The molecule has 0 heterocycles. The number of methoxy groups -OCH3 is 1. The van der Waals surface area contributed by atoms with E-state index in [0.717, 1.165) is 11.1 Å². The van der Waals surface area contributed by atoms with E-state index >= 15 is 0 Å². The molecule has 0 amide bonds. The first-order valence-corrected chi connectivity index (χ1v) is 3.70. The smallest absolute Gasteiger partial charge is 0.309 e. The number of carbonyl (C=O) groups excluding carboxylic acids is 1. The number of hydrogen-bond acceptors (Lipinski definition) is 2. The topological polar surface area (TPSA) is 26.3 Å². The van der Waals surface area contributed by atoms with Crippen LogP contribution in [-0.4, -0.2) is 13.1 Å². The molecule has 0 fully saturated rings. The molecule has 2 heteroatoms. The molecule has 1 aromatic carbocycles. The van der Waals surface area contributed by atoms with Crippen molar-refractivity contribution in [2.75, 3.05) is 7.11 Å². The second-order valence-electron chi connectivity index (χ2n) is 2.57. The third-order valence-electron chi connectivity index (χ3n) is 1.57. The van der Waals surface area contributed by atoms with Crippen LogP contribution in [0.1, 0.15) is 11.1 Å². The Morgan fingerprint density at radius 3 is 2.92 bits per heavy atom. The van der Waals surface area contributed by atoms with E-state index in [0.29, 0.717) is 6.42 Å². The summed E-state index contributed by atoms with van der Waals surface area (Å²) in [6, 6.07) is 7.52. The van der Waals surface area contributed by atoms with Gasteiger partial charge in [0, 0.05) is 0 Å². The van der Waals surface area contributed by atoms with Crippen LogP contribution in [0.3, 0.4) is 0 Å². The maximum Gasteiger partial charge on any atom is 0.309 e. The molecule has 0 saturated heterocycles. The minimum absolute atomic E-state index is 0.222. The van der Waals surface area contributed by atoms with Gasteiger partial charge in [-0.1, -0.05) is 24.3 Å². The number of rotatable bonds is 2. The highest BCUT2D eigenvalue weighted by molar-refractivity contribution is 5.72. The van der Waals surface area contributed by atoms with Crippen LogP contribution in [0.5, 0.6) is 0 Å². The Morgan fingerprint density at radius 2 is 2.33 bits per heavy atom. The molecule has 63 valence electrons. The minimum Gasteiger partial charge on any atom is -0.469 e. The van der Waals surface area contributed by atoms with Crippen LogP contribution in [0.25, 0.3) is 0 Å². The third kappa shape index (κ3) is 2.38. The van der Waals surface area contributed by atoms with Crippen LogP contribution >= 0.6 is 0 Å². The van der Waals surface area contributed by atoms with Crippen molar-refractivity contribution in [3.8, 4) is 0 Å². The van der Waals surface area contributed by atoms with Gasteiger partial charge < -0.3 is 4.74 Å². The summed E-state index contributed by atoms with van der Waals surface area (Å²) in [5.41, 5.74) is 1.85. The predicted molar refractivity (Wildman–Crippen MR) is 46.6 cm³/mol. The van der Waals surface area contributed by atoms with E-state index in [4.69, 9.17) is 0 Å². The molecule has 0 spiro atoms. The van der Waals surface area contributed by atoms with E-state index < -0.39 is 0 Å². The molecule has 0 atom stereocenters. The zero-order chi connectivity index (χ0) is 8.97. The molecule has 1 radical (unpaired) electrons. The molecule has 0 saturated carbocycles. The van der Waals surface area contributed by atoms with Gasteiger partial charge in [-0.2, -0.15) is 0 Å². The van der Waals surface area contributed by atoms with Gasteiger partial charge in [-0.05, 0) is 18.1 Å². The number of hydrogen-bond donors (Lipinski definition) is 0. The molecule has 1 rings (SSSR count). The molecule has 1 aromatic rings. The normalized spacial score (nSPS) is 9.50. The molecule has 2 nitrogen and oxygen atoms in total. The van der Waals surface area contributed by atoms with E-state index in [-0.39, 0.29) is 5.97 Å². The first kappa shape index (κ1) is 8.78. The van der Waals surface area contributed by atoms with E-state index in [9.17, 15) is 4.79 Å². The summed E-state index contributed by atoms with van der Waals surface area (Å²) >= 11 is 0. The van der Waals surface area contributed by atoms with Gasteiger partial charge in [-0.15, -0.1) is 0 Å². The average Bonchev–Trinajstić information content (AvgIpc) is 2.04. The number of benzene rings is 1. The minimum atomic E-state index is -0.222. The van der Waals surface area contributed by atoms with Gasteiger partial charge in [-0.25, -0.2) is 0 Å². The maximum absolute atomic E-state index is 10.8. The zero-order valence-corrected chi connectivity index (χ0v) is 7.04. The van der Waals surface area contributed by atoms with Gasteiger partial charge in [0.1, 0.15) is 0 Å². The first-order chi connectivity index (χ1) is 5.72. The Balaban J connectivity index is 2.69. The van der Waals surface area contributed by atoms with Crippen LogP contribution < -0.4 is 0 Å². The summed E-state index contributed by atoms with van der Waals surface area (Å²) in [6.07, 6.45) is 0.319. The molecule has 0 aliphatic carbocycles. The summed E-state index contributed by atoms with van der Waals surface area (Å²) in [6.45, 7) is 3.76. The van der Waals surface area contributed by atoms with Crippen molar-refractivity contribution >= 4 is 5.97 Å². The molecule has 12 heavy (non-hydrogen) atoms. The van der Waals surface area contributed by atoms with E-state index in [1.54, 1.807) is 0 Å². The molecule has 0 unspecified atom stereocenters. The van der Waals surface area contributed by atoms with Crippen molar-refractivity contribution in [2.45, 2.75) is 6.42 Å². The van der Waals surface area contributed by atoms with Crippen molar-refractivity contribution in [2.24, 2.45) is 0 Å². The Bertz CT molecular complexity index is 279. The van der Waals surface area contributed by atoms with Crippen LogP contribution in [0.4, 0.5) is 0 Å². The zero-order valence-electron chi connectivity index (χ0n) is 7.04. The Hall–Kier alpha value is -1.31. The van der Waals surface area contributed by atoms with Gasteiger partial charge in [-0.3, -0.25) is 4.79 Å². The van der Waals surface area contributed by atoms with Gasteiger partial charge >= 0.3 is 5.97 Å². The molecular formula is C10H11O2. The predicted octanol–water partition coefficient (Wildman–Crippen LogP) is 1.58. The second kappa shape index (κ2) is 3.90. The second-order valence-corrected chi connectivity index (χ2v) is 2.57. The van der Waals surface area contributed by atoms with E-state index in [1.807, 2.05) is 24.3 Å². The van der Waals surface area contributed by atoms with Crippen molar-refractivity contribution in [3.05, 3.63) is 42.3 Å². The van der Waals surface area contributed by atoms with Crippen LogP contribution in [0.15, 0.2) is 24.3 Å². The number of carbonyl (C=O) groups is 1. The lowest BCUT2D eigenvalue weighted by atomic mass is 10.1. The monoisotopic (exact) mass is 163 g/mol. The highest BCUT2D eigenvalue weighted by Crippen LogP contribution is 2.04. The Kier molecular flexibility index (Phi) is 2.86. The third-order valence-corrected chi connectivity index (χ3v) is 1.57. The summed E-state index contributed by atoms with van der Waals surface area (Å²) in [4.78, 5) is 10.8. The number of esters is 1. The van der Waals surface area contributed by atoms with Crippen LogP contribution in [0.2, 0.25) is 0 Å². The molecule has 0 N–H and O–H groups in total. The van der Waals surface area contributed by atoms with Crippen LogP contribution in [-0.2, 0) is 16.0 Å². The van der Waals surface area contributed by atoms with E-state index in [2.05, 4.69) is 11.7 Å². The molecule has 0 aliphatic heterocycles. The van der Waals surface area contributed by atoms with Crippen molar-refractivity contribution < 1.29 is 9.53 Å². The van der Waals surface area contributed by atoms with Gasteiger partial charge in [0.25, 0.3) is 0 Å². The lowest BCUT2D eigenvalue weighted by molar-refractivity contribution is -0.139. The standard InChI is InChI=1S/C10H11O2/c1-8-4-3-5-9(6-8)7-10(11)12-2/h3-6H,1,7H2,2H3. The molecule has 0 bridgehead atoms. The van der Waals surface area contributed by atoms with Crippen LogP contribution in [0, 0.1) is 6.92 Å². The van der Waals surface area contributed by atoms with Crippen molar-refractivity contribution in [3.63, 3.8) is 0 Å². The molecular weight excluding hydrogens is 152 g/mol. The van der Waals surface area contributed by atoms with Gasteiger partial charge in [0.05, 0.1) is 13.5 Å². The highest BCUT2D eigenvalue weighted by Gasteiger charge is 2.01. The van der Waals surface area contributed by atoms with Crippen molar-refractivity contribution in [1.82, 2.24) is 0 Å². The largest absolute Gasteiger partial charge is 0.469 e. The van der Waals surface area contributed by atoms with E-state index in [1.165, 1.54) is 7.11 Å². The maximum atomic E-state index is 10.8. The summed E-state index contributed by atoms with van der Waals surface area (Å²) in [7, 11) is 1.39. The van der Waals surface area contributed by atoms with Gasteiger partial charge in [0.15, 0.2) is 0 Å². The summed E-state index contributed by atoms with van der Waals surface area (Å²) < 4.78 is 4.53. The Labute approximate surface area is 72.2 Å². The lowest BCUT2D eigenvalue weighted by Gasteiger charge is -2.00. The first-order valence-electron chi connectivity index (χ1n) is 3.70. The number of ether oxygens (including phenoxy) is 1. The summed E-state index contributed by atoms with van der Waals surface area (Å²) in [5, 5.41) is 0. The highest BCUT2D eigenvalue weighted by atomic mass is 16.5. The van der Waals surface area contributed by atoms with Gasteiger partial charge in [0.2, 0.25) is 0 Å². The molecule has 0 aromatic heterocycles. The fourth-order valence-electron chi connectivity index (χ4n) is 0.978. The average molecular weight is 163 g/mol. The quantitative estimate of drug-likeness (QED) is 0.619. The molecule has 0 aliphatic rings. The Morgan fingerprint density at radius 1 is 1.58 bits per heavy atom. The fraction of sp³-hybridized carbons (Fsp3) is 0.200. The lowest BCUT2D eigenvalue weighted by Crippen LogP contribution is -2.04.